The molecule has 0 saturated heterocycles. The minimum atomic E-state index is 0.324. The van der Waals surface area contributed by atoms with E-state index in [-0.39, 0.29) is 0 Å². The quantitative estimate of drug-likeness (QED) is 0.781. The Kier molecular flexibility index (Phi) is 5.86. The van der Waals surface area contributed by atoms with Gasteiger partial charge in [-0.1, -0.05) is 32.0 Å². The number of aromatic hydroxyl groups is 1. The first-order valence-corrected chi connectivity index (χ1v) is 7.42. The fourth-order valence-corrected chi connectivity index (χ4v) is 2.77. The SMILES string of the molecule is CCC(CC)(CNCc1ccccc1O)SC. The largest absolute Gasteiger partial charge is 0.508 e. The normalized spacial score (nSPS) is 11.7. The molecule has 0 amide bonds. The van der Waals surface area contributed by atoms with Crippen molar-refractivity contribution in [1.82, 2.24) is 5.32 Å². The number of nitrogens with one attached hydrogen (secondary N) is 1. The van der Waals surface area contributed by atoms with E-state index in [9.17, 15) is 5.11 Å². The molecule has 2 nitrogen and oxygen atoms in total. The van der Waals surface area contributed by atoms with Gasteiger partial charge in [0.15, 0.2) is 0 Å². The Morgan fingerprint density at radius 3 is 2.41 bits per heavy atom. The summed E-state index contributed by atoms with van der Waals surface area (Å²) >= 11 is 1.93. The highest BCUT2D eigenvalue weighted by Gasteiger charge is 2.23. The summed E-state index contributed by atoms with van der Waals surface area (Å²) < 4.78 is 0.324. The number of hydrogen-bond acceptors (Lipinski definition) is 3. The Morgan fingerprint density at radius 2 is 1.88 bits per heavy atom. The Hall–Kier alpha value is -0.670. The first-order chi connectivity index (χ1) is 8.17. The predicted octanol–water partition coefficient (Wildman–Crippen LogP) is 3.40. The van der Waals surface area contributed by atoms with Crippen molar-refractivity contribution in [3.05, 3.63) is 29.8 Å². The molecular weight excluding hydrogens is 230 g/mol. The van der Waals surface area contributed by atoms with Gasteiger partial charge in [-0.2, -0.15) is 11.8 Å². The third-order valence-electron chi connectivity index (χ3n) is 3.48. The molecule has 0 atom stereocenters. The van der Waals surface area contributed by atoms with Gasteiger partial charge in [-0.3, -0.25) is 0 Å². The van der Waals surface area contributed by atoms with E-state index in [1.165, 1.54) is 12.8 Å². The van der Waals surface area contributed by atoms with Gasteiger partial charge in [0, 0.05) is 23.4 Å². The molecule has 96 valence electrons. The topological polar surface area (TPSA) is 32.3 Å². The van der Waals surface area contributed by atoms with Gasteiger partial charge >= 0.3 is 0 Å². The standard InChI is InChI=1S/C14H23NOS/c1-4-14(5-2,17-3)11-15-10-12-8-6-7-9-13(12)16/h6-9,15-16H,4-5,10-11H2,1-3H3. The summed E-state index contributed by atoms with van der Waals surface area (Å²) in [6, 6.07) is 7.50. The molecule has 17 heavy (non-hydrogen) atoms. The molecule has 0 spiro atoms. The van der Waals surface area contributed by atoms with E-state index in [0.29, 0.717) is 10.5 Å². The highest BCUT2D eigenvalue weighted by Crippen LogP contribution is 2.29. The molecule has 2 N–H and O–H groups in total. The first-order valence-electron chi connectivity index (χ1n) is 6.20. The number of thioether (sulfide) groups is 1. The predicted molar refractivity (Wildman–Crippen MR) is 76.6 cm³/mol. The van der Waals surface area contributed by atoms with Crippen molar-refractivity contribution in [2.24, 2.45) is 0 Å². The van der Waals surface area contributed by atoms with Gasteiger partial charge in [0.2, 0.25) is 0 Å². The van der Waals surface area contributed by atoms with E-state index in [2.05, 4.69) is 25.4 Å². The Morgan fingerprint density at radius 1 is 1.24 bits per heavy atom. The lowest BCUT2D eigenvalue weighted by Gasteiger charge is -2.30. The van der Waals surface area contributed by atoms with E-state index >= 15 is 0 Å². The maximum absolute atomic E-state index is 9.67. The molecule has 1 aromatic carbocycles. The molecule has 0 unspecified atom stereocenters. The van der Waals surface area contributed by atoms with Crippen molar-refractivity contribution in [3.8, 4) is 5.75 Å². The van der Waals surface area contributed by atoms with Crippen LogP contribution < -0.4 is 5.32 Å². The van der Waals surface area contributed by atoms with Crippen LogP contribution in [0.15, 0.2) is 24.3 Å². The number of rotatable bonds is 7. The van der Waals surface area contributed by atoms with E-state index in [1.54, 1.807) is 6.07 Å². The van der Waals surface area contributed by atoms with Crippen LogP contribution in [0, 0.1) is 0 Å². The van der Waals surface area contributed by atoms with Crippen LogP contribution in [0.3, 0.4) is 0 Å². The minimum Gasteiger partial charge on any atom is -0.508 e. The van der Waals surface area contributed by atoms with Crippen molar-refractivity contribution in [3.63, 3.8) is 0 Å². The zero-order chi connectivity index (χ0) is 12.7. The first kappa shape index (κ1) is 14.4. The highest BCUT2D eigenvalue weighted by molar-refractivity contribution is 8.00. The summed E-state index contributed by atoms with van der Waals surface area (Å²) in [6.45, 7) is 6.19. The summed E-state index contributed by atoms with van der Waals surface area (Å²) in [5.74, 6) is 0.378. The van der Waals surface area contributed by atoms with Gasteiger partial charge in [-0.25, -0.2) is 0 Å². The average Bonchev–Trinajstić information content (AvgIpc) is 2.37. The fourth-order valence-electron chi connectivity index (χ4n) is 1.95. The lowest BCUT2D eigenvalue weighted by molar-refractivity contribution is 0.456. The van der Waals surface area contributed by atoms with Crippen LogP contribution >= 0.6 is 11.8 Å². The van der Waals surface area contributed by atoms with E-state index in [1.807, 2.05) is 30.0 Å². The second-order valence-electron chi connectivity index (χ2n) is 4.33. The molecule has 0 fully saturated rings. The molecule has 1 aromatic rings. The maximum atomic E-state index is 9.67. The summed E-state index contributed by atoms with van der Waals surface area (Å²) in [5, 5.41) is 13.1. The summed E-state index contributed by atoms with van der Waals surface area (Å²) in [6.07, 6.45) is 4.51. The van der Waals surface area contributed by atoms with Gasteiger partial charge in [0.05, 0.1) is 0 Å². The van der Waals surface area contributed by atoms with E-state index < -0.39 is 0 Å². The van der Waals surface area contributed by atoms with Crippen LogP contribution in [0.1, 0.15) is 32.3 Å². The summed E-state index contributed by atoms with van der Waals surface area (Å²) in [7, 11) is 0. The van der Waals surface area contributed by atoms with E-state index in [0.717, 1.165) is 18.7 Å². The minimum absolute atomic E-state index is 0.324. The van der Waals surface area contributed by atoms with Crippen molar-refractivity contribution in [2.75, 3.05) is 12.8 Å². The van der Waals surface area contributed by atoms with Gasteiger partial charge in [-0.15, -0.1) is 0 Å². The summed E-state index contributed by atoms with van der Waals surface area (Å²) in [5.41, 5.74) is 0.967. The molecule has 0 heterocycles. The number of phenolic OH excluding ortho intramolecular Hbond substituents is 1. The van der Waals surface area contributed by atoms with Crippen molar-refractivity contribution >= 4 is 11.8 Å². The van der Waals surface area contributed by atoms with Gasteiger partial charge in [-0.05, 0) is 25.2 Å². The average molecular weight is 253 g/mol. The lowest BCUT2D eigenvalue weighted by Crippen LogP contribution is -2.36. The van der Waals surface area contributed by atoms with Crippen LogP contribution in [0.5, 0.6) is 5.75 Å². The van der Waals surface area contributed by atoms with Gasteiger partial charge in [0.1, 0.15) is 5.75 Å². The van der Waals surface area contributed by atoms with Crippen molar-refractivity contribution < 1.29 is 5.11 Å². The monoisotopic (exact) mass is 253 g/mol. The van der Waals surface area contributed by atoms with Crippen LogP contribution in [-0.2, 0) is 6.54 Å². The molecule has 0 bridgehead atoms. The van der Waals surface area contributed by atoms with Crippen LogP contribution in [0.25, 0.3) is 0 Å². The molecule has 0 aliphatic rings. The molecule has 0 radical (unpaired) electrons. The molecular formula is C14H23NOS. The Labute approximate surface area is 109 Å². The van der Waals surface area contributed by atoms with Crippen LogP contribution in [0.2, 0.25) is 0 Å². The fraction of sp³-hybridized carbons (Fsp3) is 0.571. The molecule has 0 aliphatic carbocycles. The van der Waals surface area contributed by atoms with Crippen LogP contribution in [-0.4, -0.2) is 22.7 Å². The van der Waals surface area contributed by atoms with Gasteiger partial charge in [0.25, 0.3) is 0 Å². The Balaban J connectivity index is 2.49. The molecule has 1 rings (SSSR count). The molecule has 0 saturated carbocycles. The van der Waals surface area contributed by atoms with E-state index in [4.69, 9.17) is 0 Å². The molecule has 3 heteroatoms. The third kappa shape index (κ3) is 3.93. The lowest BCUT2D eigenvalue weighted by atomic mass is 10.0. The number of para-hydroxylation sites is 1. The second kappa shape index (κ2) is 6.92. The molecule has 0 aliphatic heterocycles. The Bertz CT molecular complexity index is 328. The number of phenols is 1. The van der Waals surface area contributed by atoms with Crippen molar-refractivity contribution in [2.45, 2.75) is 38.0 Å². The third-order valence-corrected chi connectivity index (χ3v) is 5.06. The van der Waals surface area contributed by atoms with Crippen molar-refractivity contribution in [1.29, 1.82) is 0 Å². The smallest absolute Gasteiger partial charge is 0.120 e. The maximum Gasteiger partial charge on any atom is 0.120 e. The number of hydrogen-bond donors (Lipinski definition) is 2. The summed E-state index contributed by atoms with van der Waals surface area (Å²) in [4.78, 5) is 0. The zero-order valence-electron chi connectivity index (χ0n) is 11.0. The van der Waals surface area contributed by atoms with Gasteiger partial charge < -0.3 is 10.4 Å². The second-order valence-corrected chi connectivity index (χ2v) is 5.60. The van der Waals surface area contributed by atoms with Crippen LogP contribution in [0.4, 0.5) is 0 Å². The molecule has 0 aromatic heterocycles. The highest BCUT2D eigenvalue weighted by atomic mass is 32.2. The zero-order valence-corrected chi connectivity index (χ0v) is 11.8. The number of benzene rings is 1.